The molecule has 0 amide bonds. The molecule has 0 aromatic carbocycles. The van der Waals surface area contributed by atoms with Gasteiger partial charge in [-0.15, -0.1) is 0 Å². The van der Waals surface area contributed by atoms with Crippen molar-refractivity contribution in [2.75, 3.05) is 0 Å². The molecule has 0 saturated heterocycles. The average Bonchev–Trinajstić information content (AvgIpc) is 2.43. The van der Waals surface area contributed by atoms with Gasteiger partial charge in [0.1, 0.15) is 12.3 Å². The van der Waals surface area contributed by atoms with Crippen LogP contribution in [0.5, 0.6) is 0 Å². The molecule has 0 N–H and O–H groups in total. The Hall–Kier alpha value is -1.30. The van der Waals surface area contributed by atoms with Gasteiger partial charge in [0.05, 0.1) is 0 Å². The molecule has 0 aliphatic rings. The van der Waals surface area contributed by atoms with Gasteiger partial charge >= 0.3 is 0 Å². The number of nitriles is 1. The van der Waals surface area contributed by atoms with E-state index in [-0.39, 0.29) is 0 Å². The van der Waals surface area contributed by atoms with Crippen molar-refractivity contribution in [3.8, 4) is 6.07 Å². The molecule has 3 heteroatoms. The zero-order chi connectivity index (χ0) is 7.11. The maximum Gasteiger partial charge on any atom is 0.181 e. The van der Waals surface area contributed by atoms with Crippen molar-refractivity contribution >= 4 is 0 Å². The molecule has 1 rings (SSSR count). The summed E-state index contributed by atoms with van der Waals surface area (Å²) in [6, 6.07) is 1.80. The van der Waals surface area contributed by atoms with Crippen LogP contribution in [-0.4, -0.2) is 4.98 Å². The first kappa shape index (κ1) is 7.70. The van der Waals surface area contributed by atoms with Crippen LogP contribution in [0.1, 0.15) is 19.5 Å². The van der Waals surface area contributed by atoms with E-state index in [1.807, 2.05) is 13.8 Å². The van der Waals surface area contributed by atoms with E-state index in [1.165, 1.54) is 12.7 Å². The van der Waals surface area contributed by atoms with Gasteiger partial charge in [-0.05, 0) is 0 Å². The number of hydrogen-bond donors (Lipinski definition) is 0. The normalized spacial score (nSPS) is 6.78. The summed E-state index contributed by atoms with van der Waals surface area (Å²) in [6.07, 6.45) is 2.51. The molecular formula is C6H8N2O. The zero-order valence-corrected chi connectivity index (χ0v) is 5.46. The largest absolute Gasteiger partial charge is 0.450 e. The van der Waals surface area contributed by atoms with E-state index in [4.69, 9.17) is 5.26 Å². The highest BCUT2D eigenvalue weighted by atomic mass is 16.3. The first-order valence-corrected chi connectivity index (χ1v) is 2.72. The second-order valence-corrected chi connectivity index (χ2v) is 0.985. The van der Waals surface area contributed by atoms with Crippen LogP contribution in [0.3, 0.4) is 0 Å². The fourth-order valence-electron chi connectivity index (χ4n) is 0.268. The van der Waals surface area contributed by atoms with Crippen LogP contribution >= 0.6 is 0 Å². The lowest BCUT2D eigenvalue weighted by molar-refractivity contribution is 0.557. The van der Waals surface area contributed by atoms with E-state index in [0.29, 0.717) is 5.69 Å². The van der Waals surface area contributed by atoms with Gasteiger partial charge in [0.15, 0.2) is 12.1 Å². The van der Waals surface area contributed by atoms with E-state index >= 15 is 0 Å². The van der Waals surface area contributed by atoms with Crippen molar-refractivity contribution in [3.63, 3.8) is 0 Å². The molecule has 0 fully saturated rings. The van der Waals surface area contributed by atoms with Gasteiger partial charge in [0.25, 0.3) is 0 Å². The lowest BCUT2D eigenvalue weighted by Gasteiger charge is -1.58. The van der Waals surface area contributed by atoms with Crippen molar-refractivity contribution in [2.45, 2.75) is 13.8 Å². The van der Waals surface area contributed by atoms with E-state index in [0.717, 1.165) is 0 Å². The number of aromatic nitrogens is 1. The summed E-state index contributed by atoms with van der Waals surface area (Å²) >= 11 is 0. The summed E-state index contributed by atoms with van der Waals surface area (Å²) in [4.78, 5) is 3.51. The van der Waals surface area contributed by atoms with Crippen LogP contribution in [0.25, 0.3) is 0 Å². The fraction of sp³-hybridized carbons (Fsp3) is 0.333. The molecule has 0 atom stereocenters. The minimum atomic E-state index is 0.319. The van der Waals surface area contributed by atoms with Crippen molar-refractivity contribution in [3.05, 3.63) is 18.4 Å². The SMILES string of the molecule is CC.N#Cc1cocn1. The number of rotatable bonds is 0. The van der Waals surface area contributed by atoms with Crippen LogP contribution < -0.4 is 0 Å². The van der Waals surface area contributed by atoms with Gasteiger partial charge in [0.2, 0.25) is 0 Å². The number of hydrogen-bond acceptors (Lipinski definition) is 3. The van der Waals surface area contributed by atoms with Gasteiger partial charge in [-0.2, -0.15) is 5.26 Å². The highest BCUT2D eigenvalue weighted by molar-refractivity contribution is 5.12. The van der Waals surface area contributed by atoms with Crippen molar-refractivity contribution in [1.82, 2.24) is 4.98 Å². The van der Waals surface area contributed by atoms with Gasteiger partial charge < -0.3 is 4.42 Å². The molecule has 48 valence electrons. The molecule has 0 saturated carbocycles. The lowest BCUT2D eigenvalue weighted by atomic mass is 10.6. The Bertz CT molecular complexity index is 173. The van der Waals surface area contributed by atoms with Gasteiger partial charge in [-0.3, -0.25) is 0 Å². The van der Waals surface area contributed by atoms with E-state index in [1.54, 1.807) is 6.07 Å². The lowest BCUT2D eigenvalue weighted by Crippen LogP contribution is -1.64. The first-order chi connectivity index (χ1) is 4.43. The van der Waals surface area contributed by atoms with E-state index in [9.17, 15) is 0 Å². The molecule has 3 nitrogen and oxygen atoms in total. The molecule has 0 aliphatic carbocycles. The van der Waals surface area contributed by atoms with Gasteiger partial charge in [0, 0.05) is 0 Å². The summed E-state index contributed by atoms with van der Waals surface area (Å²) in [6.45, 7) is 4.00. The molecule has 0 unspecified atom stereocenters. The molecule has 0 aliphatic heterocycles. The minimum Gasteiger partial charge on any atom is -0.450 e. The highest BCUT2D eigenvalue weighted by Crippen LogP contribution is 1.87. The zero-order valence-electron chi connectivity index (χ0n) is 5.46. The second kappa shape index (κ2) is 4.85. The van der Waals surface area contributed by atoms with Crippen LogP contribution in [-0.2, 0) is 0 Å². The predicted octanol–water partition coefficient (Wildman–Crippen LogP) is 1.57. The quantitative estimate of drug-likeness (QED) is 0.527. The topological polar surface area (TPSA) is 49.8 Å². The maximum atomic E-state index is 8.05. The number of nitrogens with zero attached hydrogens (tertiary/aromatic N) is 2. The van der Waals surface area contributed by atoms with Gasteiger partial charge in [-0.25, -0.2) is 4.98 Å². The van der Waals surface area contributed by atoms with Crippen molar-refractivity contribution in [2.24, 2.45) is 0 Å². The maximum absolute atomic E-state index is 8.05. The smallest absolute Gasteiger partial charge is 0.181 e. The Morgan fingerprint density at radius 1 is 1.67 bits per heavy atom. The first-order valence-electron chi connectivity index (χ1n) is 2.72. The number of oxazole rings is 1. The third-order valence-electron chi connectivity index (χ3n) is 0.547. The van der Waals surface area contributed by atoms with Crippen molar-refractivity contribution in [1.29, 1.82) is 5.26 Å². The van der Waals surface area contributed by atoms with E-state index in [2.05, 4.69) is 9.40 Å². The molecule has 0 spiro atoms. The second-order valence-electron chi connectivity index (χ2n) is 0.985. The fourth-order valence-corrected chi connectivity index (χ4v) is 0.268. The molecular weight excluding hydrogens is 116 g/mol. The minimum absolute atomic E-state index is 0.319. The molecule has 0 bridgehead atoms. The predicted molar refractivity (Wildman–Crippen MR) is 32.6 cm³/mol. The van der Waals surface area contributed by atoms with Crippen molar-refractivity contribution < 1.29 is 4.42 Å². The van der Waals surface area contributed by atoms with Crippen LogP contribution in [0.2, 0.25) is 0 Å². The Morgan fingerprint density at radius 3 is 2.56 bits per heavy atom. The molecule has 1 aromatic heterocycles. The van der Waals surface area contributed by atoms with E-state index < -0.39 is 0 Å². The summed E-state index contributed by atoms with van der Waals surface area (Å²) in [7, 11) is 0. The standard InChI is InChI=1S/C4H2N2O.C2H6/c5-1-4-2-7-3-6-4;1-2/h2-3H;1-2H3. The highest BCUT2D eigenvalue weighted by Gasteiger charge is 1.85. The summed E-state index contributed by atoms with van der Waals surface area (Å²) in [5.74, 6) is 0. The van der Waals surface area contributed by atoms with Gasteiger partial charge in [-0.1, -0.05) is 13.8 Å². The third-order valence-corrected chi connectivity index (χ3v) is 0.547. The van der Waals surface area contributed by atoms with Crippen LogP contribution in [0, 0.1) is 11.3 Å². The molecule has 1 aromatic rings. The average molecular weight is 124 g/mol. The van der Waals surface area contributed by atoms with Crippen LogP contribution in [0.15, 0.2) is 17.1 Å². The summed E-state index contributed by atoms with van der Waals surface area (Å²) in [5.41, 5.74) is 0.319. The molecule has 0 radical (unpaired) electrons. The molecule has 9 heavy (non-hydrogen) atoms. The monoisotopic (exact) mass is 124 g/mol. The molecule has 1 heterocycles. The Balaban J connectivity index is 0.000000291. The summed E-state index contributed by atoms with van der Waals surface area (Å²) in [5, 5.41) is 8.05. The Morgan fingerprint density at radius 2 is 2.33 bits per heavy atom. The Kier molecular flexibility index (Phi) is 4.15. The van der Waals surface area contributed by atoms with Crippen LogP contribution in [0.4, 0.5) is 0 Å². The summed E-state index contributed by atoms with van der Waals surface area (Å²) < 4.78 is 4.47. The third kappa shape index (κ3) is 2.50. The Labute approximate surface area is 53.9 Å².